The predicted octanol–water partition coefficient (Wildman–Crippen LogP) is 2.75. The smallest absolute Gasteiger partial charge is 0.253 e. The SMILES string of the molecule is O=C(NCc1cccc2ccccc12)c1ccc(-n2cncn2)nc1. The van der Waals surface area contributed by atoms with Crippen LogP contribution in [-0.2, 0) is 6.54 Å². The van der Waals surface area contributed by atoms with Gasteiger partial charge in [-0.2, -0.15) is 5.10 Å². The zero-order chi connectivity index (χ0) is 17.1. The van der Waals surface area contributed by atoms with Gasteiger partial charge in [0.25, 0.3) is 5.91 Å². The monoisotopic (exact) mass is 329 g/mol. The number of benzene rings is 2. The van der Waals surface area contributed by atoms with Crippen LogP contribution in [0.25, 0.3) is 16.6 Å². The molecule has 0 fully saturated rings. The van der Waals surface area contributed by atoms with Crippen molar-refractivity contribution in [3.05, 3.63) is 84.6 Å². The van der Waals surface area contributed by atoms with Crippen LogP contribution < -0.4 is 5.32 Å². The fourth-order valence-corrected chi connectivity index (χ4v) is 2.71. The number of hydrogen-bond acceptors (Lipinski definition) is 4. The van der Waals surface area contributed by atoms with Crippen LogP contribution >= 0.6 is 0 Å². The molecule has 0 bridgehead atoms. The van der Waals surface area contributed by atoms with Crippen LogP contribution in [0.4, 0.5) is 0 Å². The van der Waals surface area contributed by atoms with Gasteiger partial charge in [-0.1, -0.05) is 42.5 Å². The van der Waals surface area contributed by atoms with Gasteiger partial charge in [0.2, 0.25) is 0 Å². The number of pyridine rings is 1. The zero-order valence-corrected chi connectivity index (χ0v) is 13.3. The molecule has 0 aliphatic carbocycles. The summed E-state index contributed by atoms with van der Waals surface area (Å²) in [5, 5.41) is 9.26. The van der Waals surface area contributed by atoms with Gasteiger partial charge in [-0.05, 0) is 28.5 Å². The van der Waals surface area contributed by atoms with E-state index >= 15 is 0 Å². The number of rotatable bonds is 4. The summed E-state index contributed by atoms with van der Waals surface area (Å²) < 4.78 is 1.54. The Morgan fingerprint density at radius 1 is 1.04 bits per heavy atom. The second-order valence-electron chi connectivity index (χ2n) is 5.57. The first kappa shape index (κ1) is 15.0. The van der Waals surface area contributed by atoms with E-state index in [1.807, 2.05) is 24.3 Å². The predicted molar refractivity (Wildman–Crippen MR) is 94.3 cm³/mol. The molecule has 4 rings (SSSR count). The lowest BCUT2D eigenvalue weighted by Crippen LogP contribution is -2.23. The van der Waals surface area contributed by atoms with Crippen LogP contribution in [0.3, 0.4) is 0 Å². The van der Waals surface area contributed by atoms with Gasteiger partial charge in [0.1, 0.15) is 12.7 Å². The fraction of sp³-hybridized carbons (Fsp3) is 0.0526. The normalized spacial score (nSPS) is 10.7. The molecule has 4 aromatic rings. The third-order valence-electron chi connectivity index (χ3n) is 3.98. The molecule has 0 aliphatic heterocycles. The van der Waals surface area contributed by atoms with Crippen molar-refractivity contribution >= 4 is 16.7 Å². The van der Waals surface area contributed by atoms with E-state index in [0.717, 1.165) is 16.3 Å². The average Bonchev–Trinajstić information content (AvgIpc) is 3.21. The molecule has 6 nitrogen and oxygen atoms in total. The summed E-state index contributed by atoms with van der Waals surface area (Å²) in [6.07, 6.45) is 4.53. The van der Waals surface area contributed by atoms with E-state index in [1.54, 1.807) is 18.5 Å². The van der Waals surface area contributed by atoms with Crippen molar-refractivity contribution in [3.63, 3.8) is 0 Å². The van der Waals surface area contributed by atoms with Crippen molar-refractivity contribution in [1.29, 1.82) is 0 Å². The molecule has 0 atom stereocenters. The minimum absolute atomic E-state index is 0.162. The minimum atomic E-state index is -0.162. The van der Waals surface area contributed by atoms with Gasteiger partial charge in [-0.25, -0.2) is 14.6 Å². The van der Waals surface area contributed by atoms with Gasteiger partial charge >= 0.3 is 0 Å². The van der Waals surface area contributed by atoms with Crippen molar-refractivity contribution in [2.24, 2.45) is 0 Å². The van der Waals surface area contributed by atoms with E-state index in [2.05, 4.69) is 38.6 Å². The van der Waals surface area contributed by atoms with Crippen molar-refractivity contribution in [1.82, 2.24) is 25.1 Å². The maximum atomic E-state index is 12.4. The highest BCUT2D eigenvalue weighted by molar-refractivity contribution is 5.94. The molecule has 122 valence electrons. The number of aromatic nitrogens is 4. The molecule has 0 unspecified atom stereocenters. The highest BCUT2D eigenvalue weighted by atomic mass is 16.1. The lowest BCUT2D eigenvalue weighted by Gasteiger charge is -2.09. The van der Waals surface area contributed by atoms with Gasteiger partial charge in [-0.3, -0.25) is 4.79 Å². The molecule has 1 amide bonds. The first-order valence-corrected chi connectivity index (χ1v) is 7.87. The lowest BCUT2D eigenvalue weighted by molar-refractivity contribution is 0.0950. The van der Waals surface area contributed by atoms with Crippen molar-refractivity contribution in [2.45, 2.75) is 6.54 Å². The van der Waals surface area contributed by atoms with Crippen molar-refractivity contribution < 1.29 is 4.79 Å². The highest BCUT2D eigenvalue weighted by Crippen LogP contribution is 2.18. The molecule has 0 saturated heterocycles. The van der Waals surface area contributed by atoms with Crippen LogP contribution in [0.2, 0.25) is 0 Å². The van der Waals surface area contributed by atoms with E-state index in [4.69, 9.17) is 0 Å². The Balaban J connectivity index is 1.48. The molecule has 0 saturated carbocycles. The second-order valence-corrected chi connectivity index (χ2v) is 5.57. The third-order valence-corrected chi connectivity index (χ3v) is 3.98. The second kappa shape index (κ2) is 6.52. The number of nitrogens with zero attached hydrogens (tertiary/aromatic N) is 4. The van der Waals surface area contributed by atoms with Gasteiger partial charge in [-0.15, -0.1) is 0 Å². The summed E-state index contributed by atoms with van der Waals surface area (Å²) >= 11 is 0. The maximum Gasteiger partial charge on any atom is 0.253 e. The Hall–Kier alpha value is -3.54. The van der Waals surface area contributed by atoms with Gasteiger partial charge < -0.3 is 5.32 Å². The fourth-order valence-electron chi connectivity index (χ4n) is 2.71. The summed E-state index contributed by atoms with van der Waals surface area (Å²) in [4.78, 5) is 20.5. The Bertz CT molecular complexity index is 1000. The van der Waals surface area contributed by atoms with Crippen LogP contribution in [-0.4, -0.2) is 25.7 Å². The van der Waals surface area contributed by atoms with Crippen LogP contribution in [0.15, 0.2) is 73.4 Å². The number of amides is 1. The lowest BCUT2D eigenvalue weighted by atomic mass is 10.0. The van der Waals surface area contributed by atoms with Gasteiger partial charge in [0.05, 0.1) is 5.56 Å². The first-order chi connectivity index (χ1) is 12.3. The number of hydrogen-bond donors (Lipinski definition) is 1. The van der Waals surface area contributed by atoms with Gasteiger partial charge in [0.15, 0.2) is 5.82 Å². The molecule has 0 spiro atoms. The quantitative estimate of drug-likeness (QED) is 0.625. The zero-order valence-electron chi connectivity index (χ0n) is 13.3. The number of nitrogens with one attached hydrogen (secondary N) is 1. The summed E-state index contributed by atoms with van der Waals surface area (Å²) in [5.41, 5.74) is 1.59. The van der Waals surface area contributed by atoms with Crippen molar-refractivity contribution in [2.75, 3.05) is 0 Å². The Kier molecular flexibility index (Phi) is 3.92. The standard InChI is InChI=1S/C19H15N5O/c25-19(16-8-9-18(21-11-16)24-13-20-12-23-24)22-10-15-6-3-5-14-4-1-2-7-17(14)15/h1-9,11-13H,10H2,(H,22,25). The molecular weight excluding hydrogens is 314 g/mol. The molecule has 2 aromatic carbocycles. The summed E-state index contributed by atoms with van der Waals surface area (Å²) in [7, 11) is 0. The molecule has 6 heteroatoms. The molecule has 0 radical (unpaired) electrons. The number of carbonyl (C=O) groups excluding carboxylic acids is 1. The largest absolute Gasteiger partial charge is 0.348 e. The molecule has 2 heterocycles. The van der Waals surface area contributed by atoms with Crippen LogP contribution in [0.5, 0.6) is 0 Å². The molecule has 0 aliphatic rings. The van der Waals surface area contributed by atoms with E-state index in [1.165, 1.54) is 17.2 Å². The molecule has 2 aromatic heterocycles. The topological polar surface area (TPSA) is 72.7 Å². The van der Waals surface area contributed by atoms with Crippen molar-refractivity contribution in [3.8, 4) is 5.82 Å². The molecule has 25 heavy (non-hydrogen) atoms. The number of carbonyl (C=O) groups is 1. The highest BCUT2D eigenvalue weighted by Gasteiger charge is 2.08. The number of fused-ring (bicyclic) bond motifs is 1. The summed E-state index contributed by atoms with van der Waals surface area (Å²) in [6, 6.07) is 17.7. The van der Waals surface area contributed by atoms with E-state index in [9.17, 15) is 4.79 Å². The average molecular weight is 329 g/mol. The Labute approximate surface area is 144 Å². The van der Waals surface area contributed by atoms with Crippen LogP contribution in [0.1, 0.15) is 15.9 Å². The molecular formula is C19H15N5O. The summed E-state index contributed by atoms with van der Waals surface area (Å²) in [6.45, 7) is 0.463. The third kappa shape index (κ3) is 3.10. The van der Waals surface area contributed by atoms with E-state index < -0.39 is 0 Å². The Morgan fingerprint density at radius 2 is 1.92 bits per heavy atom. The Morgan fingerprint density at radius 3 is 2.72 bits per heavy atom. The van der Waals surface area contributed by atoms with Crippen LogP contribution in [0, 0.1) is 0 Å². The van der Waals surface area contributed by atoms with Gasteiger partial charge in [0, 0.05) is 12.7 Å². The van der Waals surface area contributed by atoms with E-state index in [-0.39, 0.29) is 5.91 Å². The summed E-state index contributed by atoms with van der Waals surface area (Å²) in [5.74, 6) is 0.452. The molecule has 1 N–H and O–H groups in total. The minimum Gasteiger partial charge on any atom is -0.348 e. The first-order valence-electron chi connectivity index (χ1n) is 7.87. The van der Waals surface area contributed by atoms with E-state index in [0.29, 0.717) is 17.9 Å². The maximum absolute atomic E-state index is 12.4.